The molecule has 0 aliphatic heterocycles. The Hall–Kier alpha value is -3.41. The minimum atomic E-state index is -0.330. The van der Waals surface area contributed by atoms with E-state index in [1.165, 1.54) is 0 Å². The van der Waals surface area contributed by atoms with Gasteiger partial charge in [0.25, 0.3) is 0 Å². The van der Waals surface area contributed by atoms with Crippen LogP contribution >= 0.6 is 0 Å². The lowest BCUT2D eigenvalue weighted by atomic mass is 10.1. The van der Waals surface area contributed by atoms with Crippen LogP contribution < -0.4 is 10.1 Å². The number of aromatic nitrogens is 2. The largest absolute Gasteiger partial charge is 0.497 e. The predicted octanol–water partition coefficient (Wildman–Crippen LogP) is 4.38. The third-order valence-corrected chi connectivity index (χ3v) is 3.89. The van der Waals surface area contributed by atoms with E-state index in [9.17, 15) is 4.79 Å². The number of hydrogen-bond donors (Lipinski definition) is 1. The smallest absolute Gasteiger partial charge is 0.338 e. The van der Waals surface area contributed by atoms with Crippen molar-refractivity contribution in [3.63, 3.8) is 0 Å². The van der Waals surface area contributed by atoms with E-state index in [-0.39, 0.29) is 5.97 Å². The Morgan fingerprint density at radius 3 is 2.37 bits per heavy atom. The second kappa shape index (κ2) is 8.31. The number of aryl methyl sites for hydroxylation is 1. The van der Waals surface area contributed by atoms with Crippen LogP contribution in [0.4, 0.5) is 11.5 Å². The molecule has 1 aromatic heterocycles. The molecule has 0 atom stereocenters. The van der Waals surface area contributed by atoms with Gasteiger partial charge in [-0.3, -0.25) is 0 Å². The molecule has 0 unspecified atom stereocenters. The first-order valence-corrected chi connectivity index (χ1v) is 8.63. The monoisotopic (exact) mass is 363 g/mol. The number of methoxy groups -OCH3 is 1. The Morgan fingerprint density at radius 2 is 1.74 bits per heavy atom. The highest BCUT2D eigenvalue weighted by molar-refractivity contribution is 5.89. The van der Waals surface area contributed by atoms with Crippen LogP contribution in [0.3, 0.4) is 0 Å². The Kier molecular flexibility index (Phi) is 5.66. The van der Waals surface area contributed by atoms with Gasteiger partial charge in [0, 0.05) is 17.3 Å². The maximum absolute atomic E-state index is 11.7. The molecule has 1 heterocycles. The highest BCUT2D eigenvalue weighted by Crippen LogP contribution is 2.24. The van der Waals surface area contributed by atoms with Gasteiger partial charge in [0.05, 0.1) is 25.0 Å². The summed E-state index contributed by atoms with van der Waals surface area (Å²) in [6, 6.07) is 16.7. The standard InChI is InChI=1S/C21H21N3O3/c1-4-27-21(25)16-5-9-17(10-6-16)24-20-13-19(22-14(2)23-20)15-7-11-18(26-3)12-8-15/h5-13H,4H2,1-3H3,(H,22,23,24). The number of nitrogens with zero attached hydrogens (tertiary/aromatic N) is 2. The van der Waals surface area contributed by atoms with Crippen molar-refractivity contribution >= 4 is 17.5 Å². The SMILES string of the molecule is CCOC(=O)c1ccc(Nc2cc(-c3ccc(OC)cc3)nc(C)n2)cc1. The van der Waals surface area contributed by atoms with Crippen molar-refractivity contribution in [1.29, 1.82) is 0 Å². The Morgan fingerprint density at radius 1 is 1.04 bits per heavy atom. The summed E-state index contributed by atoms with van der Waals surface area (Å²) in [6.07, 6.45) is 0. The molecule has 0 fully saturated rings. The Labute approximate surface area is 158 Å². The number of carbonyl (C=O) groups excluding carboxylic acids is 1. The molecule has 0 amide bonds. The van der Waals surface area contributed by atoms with E-state index >= 15 is 0 Å². The minimum Gasteiger partial charge on any atom is -0.497 e. The van der Waals surface area contributed by atoms with Crippen molar-refractivity contribution in [2.75, 3.05) is 19.0 Å². The number of rotatable bonds is 6. The predicted molar refractivity (Wildman–Crippen MR) is 104 cm³/mol. The summed E-state index contributed by atoms with van der Waals surface area (Å²) in [5.74, 6) is 1.81. The van der Waals surface area contributed by atoms with Crippen molar-refractivity contribution < 1.29 is 14.3 Å². The molecule has 0 saturated carbocycles. The van der Waals surface area contributed by atoms with Crippen LogP contribution in [0.15, 0.2) is 54.6 Å². The lowest BCUT2D eigenvalue weighted by Gasteiger charge is -2.10. The summed E-state index contributed by atoms with van der Waals surface area (Å²) in [4.78, 5) is 20.7. The molecule has 1 N–H and O–H groups in total. The second-order valence-electron chi connectivity index (χ2n) is 5.84. The van der Waals surface area contributed by atoms with E-state index in [0.29, 0.717) is 23.8 Å². The average molecular weight is 363 g/mol. The molecule has 0 spiro atoms. The number of carbonyl (C=O) groups is 1. The van der Waals surface area contributed by atoms with Crippen molar-refractivity contribution in [2.45, 2.75) is 13.8 Å². The van der Waals surface area contributed by atoms with E-state index < -0.39 is 0 Å². The molecule has 0 saturated heterocycles. The number of nitrogens with one attached hydrogen (secondary N) is 1. The van der Waals surface area contributed by atoms with E-state index in [1.54, 1.807) is 26.2 Å². The summed E-state index contributed by atoms with van der Waals surface area (Å²) in [7, 11) is 1.64. The quantitative estimate of drug-likeness (QED) is 0.655. The van der Waals surface area contributed by atoms with Crippen molar-refractivity contribution in [2.24, 2.45) is 0 Å². The van der Waals surface area contributed by atoms with Gasteiger partial charge >= 0.3 is 5.97 Å². The van der Waals surface area contributed by atoms with Crippen LogP contribution in [0.5, 0.6) is 5.75 Å². The zero-order valence-corrected chi connectivity index (χ0v) is 15.5. The maximum Gasteiger partial charge on any atom is 0.338 e. The molecule has 2 aromatic carbocycles. The van der Waals surface area contributed by atoms with E-state index in [1.807, 2.05) is 49.4 Å². The third kappa shape index (κ3) is 4.61. The fourth-order valence-corrected chi connectivity index (χ4v) is 2.59. The van der Waals surface area contributed by atoms with Crippen molar-refractivity contribution in [3.8, 4) is 17.0 Å². The lowest BCUT2D eigenvalue weighted by molar-refractivity contribution is 0.0526. The van der Waals surface area contributed by atoms with Gasteiger partial charge in [0.1, 0.15) is 17.4 Å². The maximum atomic E-state index is 11.7. The van der Waals surface area contributed by atoms with Gasteiger partial charge in [-0.25, -0.2) is 14.8 Å². The summed E-state index contributed by atoms with van der Waals surface area (Å²) < 4.78 is 10.2. The van der Waals surface area contributed by atoms with Crippen LogP contribution in [0, 0.1) is 6.92 Å². The highest BCUT2D eigenvalue weighted by atomic mass is 16.5. The number of ether oxygens (including phenoxy) is 2. The van der Waals surface area contributed by atoms with Crippen LogP contribution in [0.2, 0.25) is 0 Å². The first-order valence-electron chi connectivity index (χ1n) is 8.63. The molecule has 3 rings (SSSR count). The fraction of sp³-hybridized carbons (Fsp3) is 0.190. The molecule has 0 radical (unpaired) electrons. The molecule has 3 aromatic rings. The van der Waals surface area contributed by atoms with Crippen LogP contribution in [-0.4, -0.2) is 29.7 Å². The molecule has 27 heavy (non-hydrogen) atoms. The van der Waals surface area contributed by atoms with Crippen molar-refractivity contribution in [1.82, 2.24) is 9.97 Å². The van der Waals surface area contributed by atoms with Gasteiger partial charge in [-0.2, -0.15) is 0 Å². The fourth-order valence-electron chi connectivity index (χ4n) is 2.59. The first-order chi connectivity index (χ1) is 13.1. The van der Waals surface area contributed by atoms with Gasteiger partial charge in [0.2, 0.25) is 0 Å². The molecule has 138 valence electrons. The van der Waals surface area contributed by atoms with E-state index in [4.69, 9.17) is 9.47 Å². The summed E-state index contributed by atoms with van der Waals surface area (Å²) in [5, 5.41) is 3.25. The molecule has 0 aliphatic rings. The number of benzene rings is 2. The van der Waals surface area contributed by atoms with E-state index in [2.05, 4.69) is 15.3 Å². The molecule has 0 aliphatic carbocycles. The zero-order valence-electron chi connectivity index (χ0n) is 15.5. The second-order valence-corrected chi connectivity index (χ2v) is 5.84. The molecule has 6 heteroatoms. The Bertz CT molecular complexity index is 922. The Balaban J connectivity index is 1.80. The molecule has 0 bridgehead atoms. The van der Waals surface area contributed by atoms with Crippen LogP contribution in [-0.2, 0) is 4.74 Å². The number of esters is 1. The topological polar surface area (TPSA) is 73.3 Å². The summed E-state index contributed by atoms with van der Waals surface area (Å²) >= 11 is 0. The van der Waals surface area contributed by atoms with Gasteiger partial charge < -0.3 is 14.8 Å². The van der Waals surface area contributed by atoms with E-state index in [0.717, 1.165) is 22.7 Å². The van der Waals surface area contributed by atoms with Crippen LogP contribution in [0.1, 0.15) is 23.1 Å². The summed E-state index contributed by atoms with van der Waals surface area (Å²) in [6.45, 7) is 3.99. The molecular weight excluding hydrogens is 342 g/mol. The third-order valence-electron chi connectivity index (χ3n) is 3.89. The lowest BCUT2D eigenvalue weighted by Crippen LogP contribution is -2.04. The summed E-state index contributed by atoms with van der Waals surface area (Å²) in [5.41, 5.74) is 3.12. The zero-order chi connectivity index (χ0) is 19.2. The molecular formula is C21H21N3O3. The van der Waals surface area contributed by atoms with Gasteiger partial charge in [-0.15, -0.1) is 0 Å². The number of hydrogen-bond acceptors (Lipinski definition) is 6. The number of anilines is 2. The first kappa shape index (κ1) is 18.4. The minimum absolute atomic E-state index is 0.330. The van der Waals surface area contributed by atoms with Gasteiger partial charge in [-0.05, 0) is 62.4 Å². The van der Waals surface area contributed by atoms with Crippen molar-refractivity contribution in [3.05, 3.63) is 66.0 Å². The normalized spacial score (nSPS) is 10.3. The average Bonchev–Trinajstić information content (AvgIpc) is 2.68. The molecule has 6 nitrogen and oxygen atoms in total. The van der Waals surface area contributed by atoms with Gasteiger partial charge in [-0.1, -0.05) is 0 Å². The van der Waals surface area contributed by atoms with Crippen LogP contribution in [0.25, 0.3) is 11.3 Å². The van der Waals surface area contributed by atoms with Gasteiger partial charge in [0.15, 0.2) is 0 Å². The highest BCUT2D eigenvalue weighted by Gasteiger charge is 2.08.